The molecule has 2 heterocycles. The number of carbonyl (C=O) groups is 3. The summed E-state index contributed by atoms with van der Waals surface area (Å²) in [6.45, 7) is 1.98. The Labute approximate surface area is 207 Å². The van der Waals surface area contributed by atoms with Crippen molar-refractivity contribution in [1.29, 1.82) is 0 Å². The van der Waals surface area contributed by atoms with Gasteiger partial charge in [0.15, 0.2) is 29.8 Å². The van der Waals surface area contributed by atoms with E-state index in [9.17, 15) is 24.6 Å². The second-order valence-electron chi connectivity index (χ2n) is 9.90. The zero-order valence-corrected chi connectivity index (χ0v) is 20.2. The first-order valence-corrected chi connectivity index (χ1v) is 11.8. The smallest absolute Gasteiger partial charge is 0.352 e. The monoisotopic (exact) mass is 503 g/mol. The average Bonchev–Trinajstić information content (AvgIpc) is 3.18. The molecule has 1 aromatic carbocycles. The van der Waals surface area contributed by atoms with E-state index in [0.29, 0.717) is 30.9 Å². The van der Waals surface area contributed by atoms with Crippen molar-refractivity contribution in [3.05, 3.63) is 35.1 Å². The summed E-state index contributed by atoms with van der Waals surface area (Å²) in [5.41, 5.74) is -0.0817. The van der Waals surface area contributed by atoms with Crippen molar-refractivity contribution in [2.75, 3.05) is 20.7 Å². The fourth-order valence-electron chi connectivity index (χ4n) is 6.34. The van der Waals surface area contributed by atoms with Crippen LogP contribution in [0.4, 0.5) is 0 Å². The van der Waals surface area contributed by atoms with Crippen molar-refractivity contribution in [3.63, 3.8) is 0 Å². The van der Waals surface area contributed by atoms with Crippen LogP contribution < -0.4 is 9.47 Å². The van der Waals surface area contributed by atoms with E-state index in [-0.39, 0.29) is 18.2 Å². The third-order valence-corrected chi connectivity index (χ3v) is 8.04. The van der Waals surface area contributed by atoms with Gasteiger partial charge in [-0.25, -0.2) is 9.59 Å². The Morgan fingerprint density at radius 1 is 1.28 bits per heavy atom. The third-order valence-electron chi connectivity index (χ3n) is 8.04. The minimum atomic E-state index is -1.91. The highest BCUT2D eigenvalue weighted by atomic mass is 16.6. The van der Waals surface area contributed by atoms with Gasteiger partial charge in [0.1, 0.15) is 5.76 Å². The highest BCUT2D eigenvalue weighted by Gasteiger charge is 2.72. The molecule has 11 nitrogen and oxygen atoms in total. The fourth-order valence-corrected chi connectivity index (χ4v) is 6.34. The maximum absolute atomic E-state index is 12.9. The molecule has 3 N–H and O–H groups in total. The number of hydrogen-bond acceptors (Lipinski definition) is 10. The summed E-state index contributed by atoms with van der Waals surface area (Å²) in [5.74, 6) is -2.28. The van der Waals surface area contributed by atoms with E-state index in [2.05, 4.69) is 4.90 Å². The summed E-state index contributed by atoms with van der Waals surface area (Å²) in [6.07, 6.45) is -1.89. The number of carboxylic acid groups (broad SMARTS) is 1. The second kappa shape index (κ2) is 8.46. The number of hydrogen-bond donors (Lipinski definition) is 3. The van der Waals surface area contributed by atoms with Crippen LogP contribution >= 0.6 is 0 Å². The molecule has 0 unspecified atom stereocenters. The quantitative estimate of drug-likeness (QED) is 0.440. The number of carboxylic acids is 1. The number of aliphatic hydroxyl groups excluding tert-OH is 1. The summed E-state index contributed by atoms with van der Waals surface area (Å²) < 4.78 is 22.5. The molecule has 4 aliphatic rings. The Hall–Kier alpha value is -3.15. The van der Waals surface area contributed by atoms with E-state index >= 15 is 0 Å². The molecule has 2 aliphatic carbocycles. The lowest BCUT2D eigenvalue weighted by molar-refractivity contribution is -0.178. The highest BCUT2D eigenvalue weighted by molar-refractivity contribution is 5.84. The summed E-state index contributed by atoms with van der Waals surface area (Å²) in [7, 11) is 3.53. The van der Waals surface area contributed by atoms with Gasteiger partial charge in [-0.15, -0.1) is 0 Å². The Bertz CT molecular complexity index is 1160. The van der Waals surface area contributed by atoms with Crippen LogP contribution in [0.3, 0.4) is 0 Å². The first kappa shape index (κ1) is 24.5. The number of aliphatic hydroxyl groups is 2. The number of nitrogens with zero attached hydrogens (tertiary/aromatic N) is 1. The molecule has 36 heavy (non-hydrogen) atoms. The Kier molecular flexibility index (Phi) is 5.77. The van der Waals surface area contributed by atoms with Crippen LogP contribution in [0.5, 0.6) is 11.5 Å². The molecule has 1 spiro atoms. The van der Waals surface area contributed by atoms with Gasteiger partial charge in [0.2, 0.25) is 0 Å². The molecule has 1 aromatic rings. The lowest BCUT2D eigenvalue weighted by Gasteiger charge is -2.61. The predicted octanol–water partition coefficient (Wildman–Crippen LogP) is 0.283. The van der Waals surface area contributed by atoms with Crippen LogP contribution in [0.1, 0.15) is 37.3 Å². The number of ether oxygens (including phenoxy) is 4. The summed E-state index contributed by atoms with van der Waals surface area (Å²) in [5, 5.41) is 30.5. The molecule has 1 saturated heterocycles. The Morgan fingerprint density at radius 3 is 2.72 bits per heavy atom. The molecule has 2 bridgehead atoms. The van der Waals surface area contributed by atoms with Crippen molar-refractivity contribution in [2.24, 2.45) is 0 Å². The van der Waals surface area contributed by atoms with Gasteiger partial charge in [0, 0.05) is 18.0 Å². The number of esters is 2. The SMILES string of the molecule is COc1ccc2c3c1O[C@H]1C(OC(=O)[C@H](C)OC(=O)[C@@H](O)CC(=O)O)=CC[C@@]4(O)[C@H](C2)N(C)CC[C@]314. The van der Waals surface area contributed by atoms with Crippen LogP contribution in [0.25, 0.3) is 0 Å². The van der Waals surface area contributed by atoms with Gasteiger partial charge in [-0.05, 0) is 51.1 Å². The van der Waals surface area contributed by atoms with Gasteiger partial charge in [0.05, 0.1) is 24.5 Å². The molecule has 5 rings (SSSR count). The van der Waals surface area contributed by atoms with Gasteiger partial charge in [0.25, 0.3) is 0 Å². The summed E-state index contributed by atoms with van der Waals surface area (Å²) in [4.78, 5) is 37.7. The number of methoxy groups -OCH3 is 1. The number of carbonyl (C=O) groups excluding carboxylic acids is 2. The van der Waals surface area contributed by atoms with Gasteiger partial charge in [-0.1, -0.05) is 6.07 Å². The van der Waals surface area contributed by atoms with Crippen LogP contribution in [-0.2, 0) is 35.7 Å². The lowest BCUT2D eigenvalue weighted by Crippen LogP contribution is -2.74. The molecule has 0 aromatic heterocycles. The topological polar surface area (TPSA) is 152 Å². The van der Waals surface area contributed by atoms with Crippen molar-refractivity contribution >= 4 is 17.9 Å². The van der Waals surface area contributed by atoms with E-state index in [1.54, 1.807) is 13.2 Å². The molecule has 6 atom stereocenters. The molecule has 11 heteroatoms. The number of benzene rings is 1. The molecular formula is C25H29NO10. The number of likely N-dealkylation sites (N-methyl/N-ethyl adjacent to an activating group) is 1. The van der Waals surface area contributed by atoms with E-state index in [0.717, 1.165) is 11.1 Å². The zero-order chi connectivity index (χ0) is 26.0. The zero-order valence-electron chi connectivity index (χ0n) is 20.2. The van der Waals surface area contributed by atoms with Crippen molar-refractivity contribution in [2.45, 2.75) is 68.0 Å². The lowest BCUT2D eigenvalue weighted by atomic mass is 9.50. The van der Waals surface area contributed by atoms with Crippen molar-refractivity contribution in [3.8, 4) is 11.5 Å². The normalized spacial score (nSPS) is 31.3. The number of rotatable bonds is 7. The van der Waals surface area contributed by atoms with Gasteiger partial charge in [-0.2, -0.15) is 0 Å². The van der Waals surface area contributed by atoms with Crippen LogP contribution in [0.2, 0.25) is 0 Å². The van der Waals surface area contributed by atoms with E-state index in [1.807, 2.05) is 19.2 Å². The summed E-state index contributed by atoms with van der Waals surface area (Å²) in [6, 6.07) is 3.67. The van der Waals surface area contributed by atoms with Crippen LogP contribution in [-0.4, -0.2) is 88.8 Å². The molecule has 1 fully saturated rings. The van der Waals surface area contributed by atoms with Crippen LogP contribution in [0.15, 0.2) is 24.0 Å². The standard InChI is InChI=1S/C25H29NO10/c1-12(34-23(31)14(27)11-18(28)29)22(30)35-16-6-7-25(32)17-10-13-4-5-15(33-3)20-19(13)24(25,21(16)36-20)8-9-26(17)2/h4-6,12,14,17,21,27,32H,7-11H2,1-3H3,(H,28,29)/t12-,14-,17-,21-,24-,25+/m0/s1. The Balaban J connectivity index is 1.45. The molecule has 0 amide bonds. The molecule has 2 aliphatic heterocycles. The van der Waals surface area contributed by atoms with E-state index < -0.39 is 53.7 Å². The van der Waals surface area contributed by atoms with Gasteiger partial charge in [-0.3, -0.25) is 4.79 Å². The highest BCUT2D eigenvalue weighted by Crippen LogP contribution is 2.65. The molecule has 194 valence electrons. The van der Waals surface area contributed by atoms with Crippen molar-refractivity contribution < 1.29 is 48.7 Å². The van der Waals surface area contributed by atoms with Gasteiger partial charge < -0.3 is 39.2 Å². The Morgan fingerprint density at radius 2 is 2.03 bits per heavy atom. The minimum Gasteiger partial charge on any atom is -0.493 e. The molecule has 0 radical (unpaired) electrons. The number of likely N-dealkylation sites (tertiary alicyclic amines) is 1. The summed E-state index contributed by atoms with van der Waals surface area (Å²) >= 11 is 0. The average molecular weight is 504 g/mol. The first-order valence-electron chi connectivity index (χ1n) is 11.8. The van der Waals surface area contributed by atoms with Crippen molar-refractivity contribution in [1.82, 2.24) is 4.90 Å². The van der Waals surface area contributed by atoms with Gasteiger partial charge >= 0.3 is 17.9 Å². The van der Waals surface area contributed by atoms with E-state index in [1.165, 1.54) is 6.92 Å². The minimum absolute atomic E-state index is 0.159. The molecule has 0 saturated carbocycles. The molecular weight excluding hydrogens is 474 g/mol. The largest absolute Gasteiger partial charge is 0.493 e. The van der Waals surface area contributed by atoms with Crippen LogP contribution in [0, 0.1) is 0 Å². The maximum atomic E-state index is 12.9. The van der Waals surface area contributed by atoms with E-state index in [4.69, 9.17) is 24.1 Å². The third kappa shape index (κ3) is 3.33. The first-order chi connectivity index (χ1) is 17.0. The maximum Gasteiger partial charge on any atom is 0.352 e. The number of aliphatic carboxylic acids is 1. The second-order valence-corrected chi connectivity index (χ2v) is 9.90. The fraction of sp³-hybridized carbons (Fsp3) is 0.560. The number of piperidine rings is 1. The predicted molar refractivity (Wildman–Crippen MR) is 121 cm³/mol.